The van der Waals surface area contributed by atoms with E-state index in [-0.39, 0.29) is 11.8 Å². The summed E-state index contributed by atoms with van der Waals surface area (Å²) < 4.78 is 27.5. The average molecular weight is 324 g/mol. The van der Waals surface area contributed by atoms with Crippen LogP contribution in [-0.2, 0) is 15.8 Å². The molecule has 1 aromatic carbocycles. The highest BCUT2D eigenvalue weighted by molar-refractivity contribution is 7.88. The Morgan fingerprint density at radius 3 is 2.52 bits per heavy atom. The van der Waals surface area contributed by atoms with E-state index < -0.39 is 10.0 Å². The first-order chi connectivity index (χ1) is 9.96. The standard InChI is InChI=1S/C15H20N2O2S2/c1-12(2)10-14(15-16-8-9-20-15)17-21(18,19)11-13-6-4-3-5-7-13/h3-9,12,14,17H,10-11H2,1-2H3. The molecule has 6 heteroatoms. The maximum Gasteiger partial charge on any atom is 0.216 e. The molecule has 0 radical (unpaired) electrons. The predicted molar refractivity (Wildman–Crippen MR) is 86.5 cm³/mol. The number of nitrogens with zero attached hydrogens (tertiary/aromatic N) is 1. The maximum absolute atomic E-state index is 12.4. The van der Waals surface area contributed by atoms with Crippen LogP contribution in [0.5, 0.6) is 0 Å². The summed E-state index contributed by atoms with van der Waals surface area (Å²) in [6.07, 6.45) is 2.44. The second kappa shape index (κ2) is 7.15. The van der Waals surface area contributed by atoms with Gasteiger partial charge < -0.3 is 0 Å². The predicted octanol–water partition coefficient (Wildman–Crippen LogP) is 3.35. The van der Waals surface area contributed by atoms with Gasteiger partial charge in [-0.15, -0.1) is 11.3 Å². The van der Waals surface area contributed by atoms with Crippen molar-refractivity contribution in [3.63, 3.8) is 0 Å². The van der Waals surface area contributed by atoms with Gasteiger partial charge in [-0.3, -0.25) is 0 Å². The Hall–Kier alpha value is -1.24. The molecule has 0 aliphatic heterocycles. The van der Waals surface area contributed by atoms with Crippen molar-refractivity contribution >= 4 is 21.4 Å². The second-order valence-corrected chi connectivity index (χ2v) is 8.10. The quantitative estimate of drug-likeness (QED) is 0.849. The van der Waals surface area contributed by atoms with Crippen molar-refractivity contribution in [1.29, 1.82) is 0 Å². The zero-order chi connectivity index (χ0) is 15.3. The number of thiazole rings is 1. The molecular formula is C15H20N2O2S2. The highest BCUT2D eigenvalue weighted by atomic mass is 32.2. The molecule has 0 bridgehead atoms. The van der Waals surface area contributed by atoms with Gasteiger partial charge in [-0.05, 0) is 17.9 Å². The van der Waals surface area contributed by atoms with E-state index in [9.17, 15) is 8.42 Å². The van der Waals surface area contributed by atoms with Crippen LogP contribution in [0.1, 0.15) is 36.9 Å². The van der Waals surface area contributed by atoms with Gasteiger partial charge in [0, 0.05) is 11.6 Å². The molecule has 2 aromatic rings. The molecule has 0 fully saturated rings. The van der Waals surface area contributed by atoms with E-state index in [0.717, 1.165) is 17.0 Å². The van der Waals surface area contributed by atoms with Crippen LogP contribution in [0.3, 0.4) is 0 Å². The fourth-order valence-corrected chi connectivity index (χ4v) is 4.26. The van der Waals surface area contributed by atoms with Crippen molar-refractivity contribution in [2.24, 2.45) is 5.92 Å². The van der Waals surface area contributed by atoms with Crippen LogP contribution in [0.2, 0.25) is 0 Å². The Bertz CT molecular complexity index is 638. The number of hydrogen-bond acceptors (Lipinski definition) is 4. The lowest BCUT2D eigenvalue weighted by atomic mass is 10.1. The van der Waals surface area contributed by atoms with Gasteiger partial charge in [-0.2, -0.15) is 0 Å². The summed E-state index contributed by atoms with van der Waals surface area (Å²) in [7, 11) is -3.39. The number of rotatable bonds is 7. The van der Waals surface area contributed by atoms with Crippen molar-refractivity contribution < 1.29 is 8.42 Å². The lowest BCUT2D eigenvalue weighted by Gasteiger charge is -2.18. The normalized spacial score (nSPS) is 13.5. The van der Waals surface area contributed by atoms with Gasteiger partial charge in [0.1, 0.15) is 5.01 Å². The van der Waals surface area contributed by atoms with Crippen molar-refractivity contribution in [2.45, 2.75) is 32.1 Å². The molecule has 114 valence electrons. The smallest absolute Gasteiger partial charge is 0.216 e. The van der Waals surface area contributed by atoms with Gasteiger partial charge in [-0.1, -0.05) is 44.2 Å². The molecule has 4 nitrogen and oxygen atoms in total. The third kappa shape index (κ3) is 5.22. The highest BCUT2D eigenvalue weighted by Crippen LogP contribution is 2.24. The lowest BCUT2D eigenvalue weighted by Crippen LogP contribution is -2.30. The van der Waals surface area contributed by atoms with Gasteiger partial charge in [0.25, 0.3) is 0 Å². The van der Waals surface area contributed by atoms with Gasteiger partial charge in [0.05, 0.1) is 11.8 Å². The van der Waals surface area contributed by atoms with Crippen LogP contribution in [0.15, 0.2) is 41.9 Å². The van der Waals surface area contributed by atoms with Gasteiger partial charge in [0.15, 0.2) is 0 Å². The molecule has 1 aromatic heterocycles. The zero-order valence-corrected chi connectivity index (χ0v) is 13.8. The summed E-state index contributed by atoms with van der Waals surface area (Å²) in [6, 6.07) is 8.95. The Balaban J connectivity index is 2.12. The number of nitrogens with one attached hydrogen (secondary N) is 1. The summed E-state index contributed by atoms with van der Waals surface area (Å²) in [5.74, 6) is 0.381. The minimum atomic E-state index is -3.39. The molecule has 0 aliphatic rings. The number of aromatic nitrogens is 1. The van der Waals surface area contributed by atoms with Crippen LogP contribution >= 0.6 is 11.3 Å². The van der Waals surface area contributed by atoms with Gasteiger partial charge >= 0.3 is 0 Å². The summed E-state index contributed by atoms with van der Waals surface area (Å²) in [4.78, 5) is 4.25. The van der Waals surface area contributed by atoms with E-state index in [0.29, 0.717) is 5.92 Å². The summed E-state index contributed by atoms with van der Waals surface area (Å²) >= 11 is 1.48. The Morgan fingerprint density at radius 2 is 1.95 bits per heavy atom. The molecule has 1 atom stereocenters. The van der Waals surface area contributed by atoms with Crippen LogP contribution < -0.4 is 4.72 Å². The summed E-state index contributed by atoms with van der Waals surface area (Å²) in [5.41, 5.74) is 0.785. The third-order valence-electron chi connectivity index (χ3n) is 2.98. The minimum absolute atomic E-state index is 0.00614. The SMILES string of the molecule is CC(C)CC(NS(=O)(=O)Cc1ccccc1)c1nccs1. The van der Waals surface area contributed by atoms with E-state index in [1.165, 1.54) is 11.3 Å². The van der Waals surface area contributed by atoms with Crippen molar-refractivity contribution in [2.75, 3.05) is 0 Å². The molecule has 0 spiro atoms. The van der Waals surface area contributed by atoms with Gasteiger partial charge in [-0.25, -0.2) is 18.1 Å². The first kappa shape index (κ1) is 16.1. The molecule has 1 heterocycles. The van der Waals surface area contributed by atoms with E-state index in [4.69, 9.17) is 0 Å². The highest BCUT2D eigenvalue weighted by Gasteiger charge is 2.22. The minimum Gasteiger partial charge on any atom is -0.248 e. The monoisotopic (exact) mass is 324 g/mol. The van der Waals surface area contributed by atoms with E-state index in [1.807, 2.05) is 35.7 Å². The molecule has 21 heavy (non-hydrogen) atoms. The molecule has 0 saturated heterocycles. The fraction of sp³-hybridized carbons (Fsp3) is 0.400. The van der Waals surface area contributed by atoms with E-state index in [1.54, 1.807) is 6.20 Å². The Morgan fingerprint density at radius 1 is 1.24 bits per heavy atom. The molecule has 2 rings (SSSR count). The van der Waals surface area contributed by atoms with Crippen LogP contribution in [-0.4, -0.2) is 13.4 Å². The van der Waals surface area contributed by atoms with Crippen LogP contribution in [0.4, 0.5) is 0 Å². The summed E-state index contributed by atoms with van der Waals surface area (Å²) in [5, 5.41) is 2.69. The molecule has 1 unspecified atom stereocenters. The Kier molecular flexibility index (Phi) is 5.50. The van der Waals surface area contributed by atoms with Gasteiger partial charge in [0.2, 0.25) is 10.0 Å². The topological polar surface area (TPSA) is 59.1 Å². The maximum atomic E-state index is 12.4. The van der Waals surface area contributed by atoms with Crippen molar-refractivity contribution in [3.8, 4) is 0 Å². The molecule has 0 aliphatic carbocycles. The largest absolute Gasteiger partial charge is 0.248 e. The summed E-state index contributed by atoms with van der Waals surface area (Å²) in [6.45, 7) is 4.15. The second-order valence-electron chi connectivity index (χ2n) is 5.42. The van der Waals surface area contributed by atoms with E-state index in [2.05, 4.69) is 23.6 Å². The number of benzene rings is 1. The molecular weight excluding hydrogens is 304 g/mol. The average Bonchev–Trinajstić information content (AvgIpc) is 2.91. The number of sulfonamides is 1. The Labute approximate surface area is 130 Å². The van der Waals surface area contributed by atoms with Crippen LogP contribution in [0.25, 0.3) is 0 Å². The van der Waals surface area contributed by atoms with Crippen LogP contribution in [0, 0.1) is 5.92 Å². The first-order valence-corrected chi connectivity index (χ1v) is 9.43. The van der Waals surface area contributed by atoms with Crippen molar-refractivity contribution in [3.05, 3.63) is 52.5 Å². The first-order valence-electron chi connectivity index (χ1n) is 6.89. The zero-order valence-electron chi connectivity index (χ0n) is 12.2. The molecule has 1 N–H and O–H groups in total. The third-order valence-corrected chi connectivity index (χ3v) is 5.22. The number of hydrogen-bond donors (Lipinski definition) is 1. The molecule has 0 amide bonds. The van der Waals surface area contributed by atoms with Crippen molar-refractivity contribution in [1.82, 2.24) is 9.71 Å². The van der Waals surface area contributed by atoms with E-state index >= 15 is 0 Å². The molecule has 0 saturated carbocycles. The lowest BCUT2D eigenvalue weighted by molar-refractivity contribution is 0.470. The fourth-order valence-electron chi connectivity index (χ4n) is 2.13.